The number of para-hydroxylation sites is 1. The fourth-order valence-electron chi connectivity index (χ4n) is 8.19. The SMILES string of the molecule is Cc1ccc(-c2c3ccccc3c(-c3ccc(-n4c5ccccc5c5cc(-c6cccc(-c7ccccc7)c6)ccc54)cc3)c3ccccc23)cc1. The van der Waals surface area contributed by atoms with Gasteiger partial charge < -0.3 is 4.57 Å². The van der Waals surface area contributed by atoms with Crippen LogP contribution in [-0.4, -0.2) is 4.57 Å². The summed E-state index contributed by atoms with van der Waals surface area (Å²) in [5.74, 6) is 0. The standard InChI is InChI=1S/C51H35N/c1-34-22-24-36(25-23-34)50-43-17-5-7-19-45(43)51(46-20-8-6-18-44(46)50)37-26-29-41(30-27-37)52-48-21-10-9-16-42(48)47-33-40(28-31-49(47)52)39-15-11-14-38(32-39)35-12-3-2-4-13-35/h2-33H,1H3. The van der Waals surface area contributed by atoms with E-state index in [2.05, 4.69) is 206 Å². The first-order chi connectivity index (χ1) is 25.7. The van der Waals surface area contributed by atoms with Crippen molar-refractivity contribution in [3.63, 3.8) is 0 Å². The molecule has 0 fully saturated rings. The molecule has 9 aromatic carbocycles. The van der Waals surface area contributed by atoms with E-state index < -0.39 is 0 Å². The summed E-state index contributed by atoms with van der Waals surface area (Å²) in [6.45, 7) is 2.15. The summed E-state index contributed by atoms with van der Waals surface area (Å²) in [6.07, 6.45) is 0. The fraction of sp³-hybridized carbons (Fsp3) is 0.0196. The molecule has 0 saturated carbocycles. The molecule has 1 heterocycles. The van der Waals surface area contributed by atoms with E-state index in [1.54, 1.807) is 0 Å². The fourth-order valence-corrected chi connectivity index (χ4v) is 8.19. The second-order valence-electron chi connectivity index (χ2n) is 13.8. The molecule has 0 unspecified atom stereocenters. The Morgan fingerprint density at radius 1 is 0.288 bits per heavy atom. The number of fused-ring (bicyclic) bond motifs is 5. The third-order valence-corrected chi connectivity index (χ3v) is 10.7. The number of hydrogen-bond acceptors (Lipinski definition) is 0. The zero-order valence-corrected chi connectivity index (χ0v) is 28.9. The van der Waals surface area contributed by atoms with Crippen LogP contribution in [0.2, 0.25) is 0 Å². The quantitative estimate of drug-likeness (QED) is 0.162. The molecule has 0 N–H and O–H groups in total. The first-order valence-electron chi connectivity index (χ1n) is 18.0. The molecule has 1 aromatic heterocycles. The van der Waals surface area contributed by atoms with Crippen LogP contribution in [0.1, 0.15) is 5.56 Å². The lowest BCUT2D eigenvalue weighted by Gasteiger charge is -2.18. The van der Waals surface area contributed by atoms with Crippen LogP contribution >= 0.6 is 0 Å². The van der Waals surface area contributed by atoms with Crippen LogP contribution in [0.25, 0.3) is 93.5 Å². The van der Waals surface area contributed by atoms with Crippen molar-refractivity contribution in [3.05, 3.63) is 200 Å². The molecular weight excluding hydrogens is 627 g/mol. The van der Waals surface area contributed by atoms with Crippen LogP contribution in [0, 0.1) is 6.92 Å². The molecule has 1 nitrogen and oxygen atoms in total. The Balaban J connectivity index is 1.11. The van der Waals surface area contributed by atoms with Crippen molar-refractivity contribution in [1.82, 2.24) is 4.57 Å². The molecule has 0 radical (unpaired) electrons. The van der Waals surface area contributed by atoms with Gasteiger partial charge in [0, 0.05) is 16.5 Å². The van der Waals surface area contributed by atoms with E-state index in [4.69, 9.17) is 0 Å². The summed E-state index contributed by atoms with van der Waals surface area (Å²) in [7, 11) is 0. The summed E-state index contributed by atoms with van der Waals surface area (Å²) in [5.41, 5.74) is 14.8. The highest BCUT2D eigenvalue weighted by Crippen LogP contribution is 2.44. The van der Waals surface area contributed by atoms with Crippen LogP contribution in [0.4, 0.5) is 0 Å². The van der Waals surface area contributed by atoms with Gasteiger partial charge in [-0.3, -0.25) is 0 Å². The molecule has 10 rings (SSSR count). The van der Waals surface area contributed by atoms with Crippen LogP contribution in [0.3, 0.4) is 0 Å². The molecule has 0 atom stereocenters. The Morgan fingerprint density at radius 3 is 1.35 bits per heavy atom. The van der Waals surface area contributed by atoms with Gasteiger partial charge in [0.1, 0.15) is 0 Å². The van der Waals surface area contributed by atoms with E-state index in [0.29, 0.717) is 0 Å². The van der Waals surface area contributed by atoms with Gasteiger partial charge in [0.15, 0.2) is 0 Å². The molecule has 10 aromatic rings. The Bertz CT molecular complexity index is 2870. The van der Waals surface area contributed by atoms with Gasteiger partial charge >= 0.3 is 0 Å². The molecule has 0 aliphatic heterocycles. The summed E-state index contributed by atoms with van der Waals surface area (Å²) in [4.78, 5) is 0. The van der Waals surface area contributed by atoms with Crippen LogP contribution in [0.15, 0.2) is 194 Å². The van der Waals surface area contributed by atoms with Gasteiger partial charge in [-0.15, -0.1) is 0 Å². The molecule has 52 heavy (non-hydrogen) atoms. The maximum absolute atomic E-state index is 2.41. The maximum Gasteiger partial charge on any atom is 0.0541 e. The zero-order chi connectivity index (χ0) is 34.6. The summed E-state index contributed by atoms with van der Waals surface area (Å²) in [5, 5.41) is 7.60. The lowest BCUT2D eigenvalue weighted by molar-refractivity contribution is 1.18. The van der Waals surface area contributed by atoms with E-state index in [0.717, 1.165) is 5.69 Å². The van der Waals surface area contributed by atoms with Gasteiger partial charge in [0.25, 0.3) is 0 Å². The molecule has 0 spiro atoms. The predicted molar refractivity (Wildman–Crippen MR) is 222 cm³/mol. The molecule has 0 aliphatic carbocycles. The highest BCUT2D eigenvalue weighted by molar-refractivity contribution is 6.21. The van der Waals surface area contributed by atoms with Crippen molar-refractivity contribution in [3.8, 4) is 50.2 Å². The molecule has 0 amide bonds. The summed E-state index contributed by atoms with van der Waals surface area (Å²) < 4.78 is 2.41. The van der Waals surface area contributed by atoms with Gasteiger partial charge in [0.05, 0.1) is 11.0 Å². The highest BCUT2D eigenvalue weighted by Gasteiger charge is 2.18. The average Bonchev–Trinajstić information content (AvgIpc) is 3.54. The second kappa shape index (κ2) is 12.3. The predicted octanol–water partition coefficient (Wildman–Crippen LogP) is 14.1. The lowest BCUT2D eigenvalue weighted by Crippen LogP contribution is -1.94. The highest BCUT2D eigenvalue weighted by atomic mass is 15.0. The molecule has 0 aliphatic rings. The minimum Gasteiger partial charge on any atom is -0.309 e. The number of benzene rings is 9. The van der Waals surface area contributed by atoms with Crippen molar-refractivity contribution in [2.75, 3.05) is 0 Å². The van der Waals surface area contributed by atoms with Gasteiger partial charge in [-0.25, -0.2) is 0 Å². The Kier molecular flexibility index (Phi) is 7.11. The van der Waals surface area contributed by atoms with E-state index in [1.807, 2.05) is 0 Å². The molecule has 1 heteroatoms. The van der Waals surface area contributed by atoms with Crippen molar-refractivity contribution in [2.24, 2.45) is 0 Å². The van der Waals surface area contributed by atoms with Crippen LogP contribution < -0.4 is 0 Å². The first-order valence-corrected chi connectivity index (χ1v) is 18.0. The van der Waals surface area contributed by atoms with E-state index >= 15 is 0 Å². The van der Waals surface area contributed by atoms with Crippen molar-refractivity contribution in [1.29, 1.82) is 0 Å². The minimum absolute atomic E-state index is 1.15. The number of aryl methyl sites for hydroxylation is 1. The van der Waals surface area contributed by atoms with Gasteiger partial charge in [-0.1, -0.05) is 163 Å². The number of hydrogen-bond donors (Lipinski definition) is 0. The monoisotopic (exact) mass is 661 g/mol. The number of nitrogens with zero attached hydrogens (tertiary/aromatic N) is 1. The van der Waals surface area contributed by atoms with E-state index in [9.17, 15) is 0 Å². The number of rotatable bonds is 5. The molecular formula is C51H35N. The Hall–Kier alpha value is -6.70. The molecule has 0 bridgehead atoms. The second-order valence-corrected chi connectivity index (χ2v) is 13.8. The largest absolute Gasteiger partial charge is 0.309 e. The van der Waals surface area contributed by atoms with E-state index in [-0.39, 0.29) is 0 Å². The topological polar surface area (TPSA) is 4.93 Å². The summed E-state index contributed by atoms with van der Waals surface area (Å²) >= 11 is 0. The normalized spacial score (nSPS) is 11.6. The van der Waals surface area contributed by atoms with Crippen molar-refractivity contribution in [2.45, 2.75) is 6.92 Å². The molecule has 244 valence electrons. The van der Waals surface area contributed by atoms with Crippen molar-refractivity contribution < 1.29 is 0 Å². The van der Waals surface area contributed by atoms with Crippen LogP contribution in [0.5, 0.6) is 0 Å². The lowest BCUT2D eigenvalue weighted by atomic mass is 9.86. The zero-order valence-electron chi connectivity index (χ0n) is 28.9. The number of aromatic nitrogens is 1. The molecule has 0 saturated heterocycles. The smallest absolute Gasteiger partial charge is 0.0541 e. The first kappa shape index (κ1) is 30.2. The summed E-state index contributed by atoms with van der Waals surface area (Å²) in [6, 6.07) is 71.1. The van der Waals surface area contributed by atoms with Crippen LogP contribution in [-0.2, 0) is 0 Å². The minimum atomic E-state index is 1.15. The van der Waals surface area contributed by atoms with E-state index in [1.165, 1.54) is 93.4 Å². The van der Waals surface area contributed by atoms with Gasteiger partial charge in [-0.05, 0) is 109 Å². The third-order valence-electron chi connectivity index (χ3n) is 10.7. The van der Waals surface area contributed by atoms with Gasteiger partial charge in [0.2, 0.25) is 0 Å². The average molecular weight is 662 g/mol. The Labute approximate surface area is 303 Å². The maximum atomic E-state index is 2.41. The van der Waals surface area contributed by atoms with Crippen molar-refractivity contribution >= 4 is 43.4 Å². The third kappa shape index (κ3) is 4.93. The van der Waals surface area contributed by atoms with Gasteiger partial charge in [-0.2, -0.15) is 0 Å². The Morgan fingerprint density at radius 2 is 0.731 bits per heavy atom.